The van der Waals surface area contributed by atoms with Gasteiger partial charge in [-0.05, 0) is 49.9 Å². The highest BCUT2D eigenvalue weighted by Crippen LogP contribution is 2.30. The third kappa shape index (κ3) is 3.74. The van der Waals surface area contributed by atoms with Gasteiger partial charge < -0.3 is 0 Å². The van der Waals surface area contributed by atoms with Gasteiger partial charge in [0.1, 0.15) is 0 Å². The quantitative estimate of drug-likeness (QED) is 0.821. The fourth-order valence-electron chi connectivity index (χ4n) is 3.52. The summed E-state index contributed by atoms with van der Waals surface area (Å²) in [4.78, 5) is 29.6. The number of sulfonamides is 1. The average Bonchev–Trinajstić information content (AvgIpc) is 3.12. The van der Waals surface area contributed by atoms with Gasteiger partial charge in [-0.1, -0.05) is 17.8 Å². The summed E-state index contributed by atoms with van der Waals surface area (Å²) >= 11 is 1.20. The van der Waals surface area contributed by atoms with Crippen LogP contribution in [0.5, 0.6) is 0 Å². The van der Waals surface area contributed by atoms with Crippen molar-refractivity contribution in [1.29, 1.82) is 0 Å². The summed E-state index contributed by atoms with van der Waals surface area (Å²) in [6.07, 6.45) is 4.86. The molecule has 0 radical (unpaired) electrons. The zero-order valence-corrected chi connectivity index (χ0v) is 16.9. The van der Waals surface area contributed by atoms with Crippen LogP contribution in [0.4, 0.5) is 5.13 Å². The Bertz CT molecular complexity index is 1010. The summed E-state index contributed by atoms with van der Waals surface area (Å²) in [7, 11) is -3.52. The van der Waals surface area contributed by atoms with Gasteiger partial charge in [0, 0.05) is 25.1 Å². The molecule has 1 aromatic carbocycles. The van der Waals surface area contributed by atoms with Gasteiger partial charge in [-0.3, -0.25) is 14.9 Å². The maximum atomic E-state index is 12.7. The van der Waals surface area contributed by atoms with Crippen LogP contribution in [0, 0.1) is 0 Å². The summed E-state index contributed by atoms with van der Waals surface area (Å²) in [5, 5.41) is 3.11. The lowest BCUT2D eigenvalue weighted by Gasteiger charge is -2.25. The van der Waals surface area contributed by atoms with Gasteiger partial charge in [0.05, 0.1) is 15.5 Å². The monoisotopic (exact) mass is 419 g/mol. The lowest BCUT2D eigenvalue weighted by Crippen LogP contribution is -2.35. The number of nitrogens with one attached hydrogen (secondary N) is 1. The number of fused-ring (bicyclic) bond motifs is 1. The van der Waals surface area contributed by atoms with Crippen LogP contribution in [-0.4, -0.2) is 42.5 Å². The van der Waals surface area contributed by atoms with Crippen molar-refractivity contribution < 1.29 is 18.0 Å². The topological polar surface area (TPSA) is 96.4 Å². The number of anilines is 1. The van der Waals surface area contributed by atoms with Crippen molar-refractivity contribution in [2.24, 2.45) is 0 Å². The zero-order chi connectivity index (χ0) is 19.7. The average molecular weight is 420 g/mol. The van der Waals surface area contributed by atoms with Crippen LogP contribution in [0.2, 0.25) is 0 Å². The number of aromatic nitrogens is 1. The fraction of sp³-hybridized carbons (Fsp3) is 0.421. The molecule has 1 N–H and O–H groups in total. The number of hydrogen-bond acceptors (Lipinski definition) is 6. The lowest BCUT2D eigenvalue weighted by molar-refractivity contribution is 0.0975. The van der Waals surface area contributed by atoms with Gasteiger partial charge in [-0.2, -0.15) is 4.31 Å². The number of aryl methyl sites for hydroxylation is 1. The minimum atomic E-state index is -3.52. The van der Waals surface area contributed by atoms with E-state index in [9.17, 15) is 18.0 Å². The van der Waals surface area contributed by atoms with Crippen LogP contribution in [0.1, 0.15) is 57.8 Å². The number of carbonyl (C=O) groups excluding carboxylic acids is 2. The molecule has 2 aromatic rings. The third-order valence-corrected chi connectivity index (χ3v) is 8.02. The van der Waals surface area contributed by atoms with Gasteiger partial charge in [0.25, 0.3) is 5.91 Å². The summed E-state index contributed by atoms with van der Waals surface area (Å²) in [5.74, 6) is -0.299. The molecule has 1 aliphatic heterocycles. The molecule has 9 heteroatoms. The second kappa shape index (κ2) is 7.73. The van der Waals surface area contributed by atoms with Crippen molar-refractivity contribution in [3.63, 3.8) is 0 Å². The molecule has 2 aliphatic rings. The van der Waals surface area contributed by atoms with Crippen LogP contribution < -0.4 is 5.32 Å². The Hall–Kier alpha value is -2.10. The van der Waals surface area contributed by atoms with E-state index in [2.05, 4.69) is 10.3 Å². The van der Waals surface area contributed by atoms with Crippen molar-refractivity contribution in [2.75, 3.05) is 18.4 Å². The largest absolute Gasteiger partial charge is 0.298 e. The molecule has 0 bridgehead atoms. The van der Waals surface area contributed by atoms with E-state index in [1.807, 2.05) is 0 Å². The minimum Gasteiger partial charge on any atom is -0.298 e. The molecular formula is C19H21N3O4S2. The Morgan fingerprint density at radius 3 is 2.43 bits per heavy atom. The van der Waals surface area contributed by atoms with E-state index in [-0.39, 0.29) is 16.6 Å². The van der Waals surface area contributed by atoms with Crippen LogP contribution >= 0.6 is 11.3 Å². The Labute approximate surface area is 167 Å². The van der Waals surface area contributed by atoms with Crippen LogP contribution in [0.15, 0.2) is 29.2 Å². The molecule has 1 fully saturated rings. The van der Waals surface area contributed by atoms with Crippen LogP contribution in [0.3, 0.4) is 0 Å². The molecule has 1 aliphatic carbocycles. The lowest BCUT2D eigenvalue weighted by atomic mass is 10.0. The number of benzene rings is 1. The SMILES string of the molecule is O=C(Nc1nc2c(s1)C(=O)CCC2)c1ccc(S(=O)(=O)N2CCCCC2)cc1. The molecule has 0 unspecified atom stereocenters. The second-order valence-corrected chi connectivity index (χ2v) is 9.95. The van der Waals surface area contributed by atoms with Gasteiger partial charge in [0.15, 0.2) is 10.9 Å². The highest BCUT2D eigenvalue weighted by atomic mass is 32.2. The molecule has 0 spiro atoms. The summed E-state index contributed by atoms with van der Waals surface area (Å²) in [6.45, 7) is 1.08. The number of hydrogen-bond donors (Lipinski definition) is 1. The number of carbonyl (C=O) groups is 2. The van der Waals surface area contributed by atoms with Crippen LogP contribution in [-0.2, 0) is 16.4 Å². The predicted molar refractivity (Wildman–Crippen MR) is 106 cm³/mol. The van der Waals surface area contributed by atoms with Crippen molar-refractivity contribution >= 4 is 38.2 Å². The molecule has 4 rings (SSSR count). The van der Waals surface area contributed by atoms with Crippen molar-refractivity contribution in [2.45, 2.75) is 43.4 Å². The van der Waals surface area contributed by atoms with Crippen molar-refractivity contribution in [3.8, 4) is 0 Å². The van der Waals surface area contributed by atoms with Crippen molar-refractivity contribution in [1.82, 2.24) is 9.29 Å². The maximum Gasteiger partial charge on any atom is 0.257 e. The van der Waals surface area contributed by atoms with Gasteiger partial charge in [-0.15, -0.1) is 0 Å². The Balaban J connectivity index is 1.48. The zero-order valence-electron chi connectivity index (χ0n) is 15.3. The second-order valence-electron chi connectivity index (χ2n) is 7.01. The Morgan fingerprint density at radius 2 is 1.75 bits per heavy atom. The number of nitrogens with zero attached hydrogens (tertiary/aromatic N) is 2. The molecule has 1 aromatic heterocycles. The van der Waals surface area contributed by atoms with E-state index in [1.165, 1.54) is 39.9 Å². The smallest absolute Gasteiger partial charge is 0.257 e. The first-order valence-corrected chi connectivity index (χ1v) is 11.7. The molecule has 2 heterocycles. The fourth-order valence-corrected chi connectivity index (χ4v) is 6.02. The standard InChI is InChI=1S/C19H21N3O4S2/c23-16-6-4-5-15-17(16)27-19(20-15)21-18(24)13-7-9-14(10-8-13)28(25,26)22-11-2-1-3-12-22/h7-10H,1-6,11-12H2,(H,20,21,24). The highest BCUT2D eigenvalue weighted by Gasteiger charge is 2.26. The molecule has 0 atom stereocenters. The molecule has 28 heavy (non-hydrogen) atoms. The summed E-state index contributed by atoms with van der Waals surface area (Å²) in [6, 6.07) is 5.94. The Morgan fingerprint density at radius 1 is 1.04 bits per heavy atom. The molecule has 0 saturated carbocycles. The normalized spacial score (nSPS) is 17.9. The van der Waals surface area contributed by atoms with Gasteiger partial charge >= 0.3 is 0 Å². The molecule has 1 saturated heterocycles. The third-order valence-electron chi connectivity index (χ3n) is 5.06. The number of piperidine rings is 1. The highest BCUT2D eigenvalue weighted by molar-refractivity contribution is 7.89. The van der Waals surface area contributed by atoms with Crippen molar-refractivity contribution in [3.05, 3.63) is 40.4 Å². The maximum absolute atomic E-state index is 12.7. The number of ketones is 1. The number of rotatable bonds is 4. The molecular weight excluding hydrogens is 398 g/mol. The van der Waals surface area contributed by atoms with E-state index in [0.717, 1.165) is 37.8 Å². The van der Waals surface area contributed by atoms with E-state index in [1.54, 1.807) is 0 Å². The summed E-state index contributed by atoms with van der Waals surface area (Å²) < 4.78 is 26.9. The number of thiazole rings is 1. The summed E-state index contributed by atoms with van der Waals surface area (Å²) in [5.41, 5.74) is 1.09. The number of amides is 1. The van der Waals surface area contributed by atoms with Gasteiger partial charge in [0.2, 0.25) is 10.0 Å². The molecule has 148 valence electrons. The first-order valence-electron chi connectivity index (χ1n) is 9.39. The van der Waals surface area contributed by atoms with Gasteiger partial charge in [-0.25, -0.2) is 13.4 Å². The number of Topliss-reactive ketones (excluding diaryl/α,β-unsaturated/α-hetero) is 1. The molecule has 1 amide bonds. The first kappa shape index (κ1) is 19.2. The van der Waals surface area contributed by atoms with E-state index >= 15 is 0 Å². The first-order chi connectivity index (χ1) is 13.4. The Kier molecular flexibility index (Phi) is 5.31. The molecule has 7 nitrogen and oxygen atoms in total. The van der Waals surface area contributed by atoms with Crippen LogP contribution in [0.25, 0.3) is 0 Å². The predicted octanol–water partition coefficient (Wildman–Crippen LogP) is 3.09. The van der Waals surface area contributed by atoms with E-state index in [0.29, 0.717) is 35.1 Å². The van der Waals surface area contributed by atoms with E-state index < -0.39 is 10.0 Å². The minimum absolute atomic E-state index is 0.0755. The van der Waals surface area contributed by atoms with E-state index in [4.69, 9.17) is 0 Å².